The van der Waals surface area contributed by atoms with E-state index < -0.39 is 0 Å². The van der Waals surface area contributed by atoms with Crippen LogP contribution in [0.4, 0.5) is 0 Å². The highest BCUT2D eigenvalue weighted by atomic mass is 16.5. The van der Waals surface area contributed by atoms with Crippen molar-refractivity contribution in [1.29, 1.82) is 0 Å². The van der Waals surface area contributed by atoms with Crippen molar-refractivity contribution in [3.8, 4) is 11.5 Å². The highest BCUT2D eigenvalue weighted by Crippen LogP contribution is 2.47. The quantitative estimate of drug-likeness (QED) is 0.870. The van der Waals surface area contributed by atoms with Crippen LogP contribution >= 0.6 is 0 Å². The minimum Gasteiger partial charge on any atom is -0.493 e. The van der Waals surface area contributed by atoms with Gasteiger partial charge in [-0.2, -0.15) is 0 Å². The molecule has 0 bridgehead atoms. The van der Waals surface area contributed by atoms with E-state index in [9.17, 15) is 5.11 Å². The van der Waals surface area contributed by atoms with Crippen molar-refractivity contribution in [1.82, 2.24) is 4.90 Å². The molecule has 2 aliphatic rings. The molecule has 22 heavy (non-hydrogen) atoms. The number of benzene rings is 1. The third-order valence-corrected chi connectivity index (χ3v) is 5.29. The lowest BCUT2D eigenvalue weighted by Crippen LogP contribution is -2.44. The number of likely N-dealkylation sites (N-methyl/N-ethyl adjacent to an activating group) is 1. The first-order chi connectivity index (χ1) is 10.5. The maximum atomic E-state index is 10.0. The van der Waals surface area contributed by atoms with Crippen LogP contribution in [0.3, 0.4) is 0 Å². The topological polar surface area (TPSA) is 41.9 Å². The Bertz CT molecular complexity index is 598. The minimum absolute atomic E-state index is 0.0434. The van der Waals surface area contributed by atoms with Crippen LogP contribution in [0.5, 0.6) is 11.5 Å². The summed E-state index contributed by atoms with van der Waals surface area (Å²) in [6.45, 7) is 3.09. The summed E-state index contributed by atoms with van der Waals surface area (Å²) in [7, 11) is 5.50. The number of aryl methyl sites for hydroxylation is 1. The predicted molar refractivity (Wildman–Crippen MR) is 86.8 cm³/mol. The van der Waals surface area contributed by atoms with Gasteiger partial charge in [-0.15, -0.1) is 0 Å². The molecule has 0 saturated carbocycles. The van der Waals surface area contributed by atoms with Gasteiger partial charge in [0.15, 0.2) is 11.5 Å². The smallest absolute Gasteiger partial charge is 0.163 e. The number of fused-ring (bicyclic) bond motifs is 1. The highest BCUT2D eigenvalue weighted by molar-refractivity contribution is 5.53. The van der Waals surface area contributed by atoms with Gasteiger partial charge in [0.05, 0.1) is 20.3 Å². The van der Waals surface area contributed by atoms with E-state index in [1.807, 2.05) is 6.08 Å². The van der Waals surface area contributed by atoms with Gasteiger partial charge >= 0.3 is 0 Å². The number of aliphatic hydroxyl groups excluding tert-OH is 1. The number of ether oxygens (including phenoxy) is 2. The molecule has 1 aromatic carbocycles. The van der Waals surface area contributed by atoms with Crippen molar-refractivity contribution < 1.29 is 14.6 Å². The Kier molecular flexibility index (Phi) is 3.91. The molecule has 1 heterocycles. The van der Waals surface area contributed by atoms with E-state index in [1.54, 1.807) is 14.2 Å². The van der Waals surface area contributed by atoms with Crippen molar-refractivity contribution in [2.75, 3.05) is 27.8 Å². The van der Waals surface area contributed by atoms with E-state index >= 15 is 0 Å². The third kappa shape index (κ3) is 2.22. The Balaban J connectivity index is 2.13. The molecule has 0 spiro atoms. The third-order valence-electron chi connectivity index (χ3n) is 5.29. The van der Waals surface area contributed by atoms with Gasteiger partial charge in [-0.1, -0.05) is 18.2 Å². The van der Waals surface area contributed by atoms with Crippen molar-refractivity contribution in [2.24, 2.45) is 0 Å². The standard InChI is InChI=1S/C18H25NO3/c1-12-9-13(10-15(21-3)17(12)22-4)18-6-5-14(20)11-16(18)19(2)8-7-18/h5-6,9-10,14,16,20H,7-8,11H2,1-4H3/t14?,16?,18-/m0/s1. The summed E-state index contributed by atoms with van der Waals surface area (Å²) in [6.07, 6.45) is 5.64. The lowest BCUT2D eigenvalue weighted by Gasteiger charge is -2.40. The molecule has 2 unspecified atom stereocenters. The zero-order valence-corrected chi connectivity index (χ0v) is 13.8. The Morgan fingerprint density at radius 3 is 2.73 bits per heavy atom. The molecule has 3 atom stereocenters. The molecule has 4 heteroatoms. The van der Waals surface area contributed by atoms with E-state index in [0.717, 1.165) is 36.4 Å². The number of aliphatic hydroxyl groups is 1. The maximum Gasteiger partial charge on any atom is 0.163 e. The predicted octanol–water partition coefficient (Wildman–Crippen LogP) is 2.27. The summed E-state index contributed by atoms with van der Waals surface area (Å²) in [5.74, 6) is 1.57. The first-order valence-corrected chi connectivity index (χ1v) is 7.82. The summed E-state index contributed by atoms with van der Waals surface area (Å²) in [6, 6.07) is 4.63. The maximum absolute atomic E-state index is 10.0. The number of likely N-dealkylation sites (tertiary alicyclic amines) is 1. The normalized spacial score (nSPS) is 31.1. The zero-order chi connectivity index (χ0) is 15.9. The van der Waals surface area contributed by atoms with Crippen LogP contribution in [-0.4, -0.2) is 50.0 Å². The van der Waals surface area contributed by atoms with Crippen LogP contribution in [0.1, 0.15) is 24.0 Å². The fourth-order valence-corrected chi connectivity index (χ4v) is 4.11. The van der Waals surface area contributed by atoms with E-state index in [4.69, 9.17) is 9.47 Å². The lowest BCUT2D eigenvalue weighted by atomic mass is 9.69. The molecule has 120 valence electrons. The number of hydrogen-bond acceptors (Lipinski definition) is 4. The largest absolute Gasteiger partial charge is 0.493 e. The Morgan fingerprint density at radius 1 is 1.27 bits per heavy atom. The number of methoxy groups -OCH3 is 2. The average Bonchev–Trinajstić information content (AvgIpc) is 2.84. The SMILES string of the molecule is COc1cc([C@@]23C=CC(O)CC2N(C)CC3)cc(C)c1OC. The molecule has 1 aliphatic carbocycles. The van der Waals surface area contributed by atoms with Crippen LogP contribution in [0.2, 0.25) is 0 Å². The van der Waals surface area contributed by atoms with Gasteiger partial charge in [0.1, 0.15) is 0 Å². The molecule has 0 amide bonds. The van der Waals surface area contributed by atoms with Crippen LogP contribution in [0.15, 0.2) is 24.3 Å². The van der Waals surface area contributed by atoms with Crippen LogP contribution in [0.25, 0.3) is 0 Å². The second kappa shape index (κ2) is 5.60. The fraction of sp³-hybridized carbons (Fsp3) is 0.556. The van der Waals surface area contributed by atoms with E-state index in [0.29, 0.717) is 6.04 Å². The van der Waals surface area contributed by atoms with Gasteiger partial charge in [0.25, 0.3) is 0 Å². The van der Waals surface area contributed by atoms with Gasteiger partial charge in [-0.3, -0.25) is 0 Å². The van der Waals surface area contributed by atoms with Crippen LogP contribution in [-0.2, 0) is 5.41 Å². The van der Waals surface area contributed by atoms with Gasteiger partial charge < -0.3 is 19.5 Å². The molecule has 0 aromatic heterocycles. The summed E-state index contributed by atoms with van der Waals surface area (Å²) >= 11 is 0. The molecule has 3 rings (SSSR count). The van der Waals surface area contributed by atoms with E-state index in [1.165, 1.54) is 5.56 Å². The zero-order valence-electron chi connectivity index (χ0n) is 13.8. The van der Waals surface area contributed by atoms with Crippen LogP contribution < -0.4 is 9.47 Å². The molecule has 1 fully saturated rings. The Labute approximate surface area is 132 Å². The minimum atomic E-state index is -0.347. The lowest BCUT2D eigenvalue weighted by molar-refractivity contribution is 0.137. The molecular formula is C18H25NO3. The van der Waals surface area contributed by atoms with Gasteiger partial charge in [0, 0.05) is 11.5 Å². The first-order valence-electron chi connectivity index (χ1n) is 7.82. The van der Waals surface area contributed by atoms with E-state index in [2.05, 4.69) is 37.1 Å². The number of rotatable bonds is 3. The number of nitrogens with zero attached hydrogens (tertiary/aromatic N) is 1. The first kappa shape index (κ1) is 15.4. The summed E-state index contributed by atoms with van der Waals surface area (Å²) in [4.78, 5) is 2.36. The van der Waals surface area contributed by atoms with Gasteiger partial charge in [-0.25, -0.2) is 0 Å². The second-order valence-corrected chi connectivity index (χ2v) is 6.48. The second-order valence-electron chi connectivity index (χ2n) is 6.48. The molecule has 1 aromatic rings. The molecule has 1 saturated heterocycles. The molecule has 1 N–H and O–H groups in total. The summed E-state index contributed by atoms with van der Waals surface area (Å²) in [5.41, 5.74) is 2.29. The molecular weight excluding hydrogens is 278 g/mol. The molecule has 1 aliphatic heterocycles. The summed E-state index contributed by atoms with van der Waals surface area (Å²) in [5, 5.41) is 10.0. The van der Waals surface area contributed by atoms with Crippen molar-refractivity contribution >= 4 is 0 Å². The molecule has 0 radical (unpaired) electrons. The summed E-state index contributed by atoms with van der Waals surface area (Å²) < 4.78 is 11.0. The van der Waals surface area contributed by atoms with Crippen molar-refractivity contribution in [2.45, 2.75) is 37.3 Å². The van der Waals surface area contributed by atoms with Crippen LogP contribution in [0, 0.1) is 6.92 Å². The fourth-order valence-electron chi connectivity index (χ4n) is 4.11. The van der Waals surface area contributed by atoms with Gasteiger partial charge in [-0.05, 0) is 50.6 Å². The van der Waals surface area contributed by atoms with Crippen molar-refractivity contribution in [3.05, 3.63) is 35.4 Å². The Hall–Kier alpha value is -1.52. The monoisotopic (exact) mass is 303 g/mol. The van der Waals surface area contributed by atoms with E-state index in [-0.39, 0.29) is 11.5 Å². The number of hydrogen-bond donors (Lipinski definition) is 1. The van der Waals surface area contributed by atoms with Gasteiger partial charge in [0.2, 0.25) is 0 Å². The average molecular weight is 303 g/mol. The van der Waals surface area contributed by atoms with Crippen molar-refractivity contribution in [3.63, 3.8) is 0 Å². The molecule has 4 nitrogen and oxygen atoms in total. The Morgan fingerprint density at radius 2 is 2.05 bits per heavy atom. The highest BCUT2D eigenvalue weighted by Gasteiger charge is 2.48.